The highest BCUT2D eigenvalue weighted by Gasteiger charge is 2.42. The van der Waals surface area contributed by atoms with Crippen LogP contribution in [0.2, 0.25) is 0 Å². The average Bonchev–Trinajstić information content (AvgIpc) is 2.83. The van der Waals surface area contributed by atoms with Crippen LogP contribution in [0.4, 0.5) is 0 Å². The van der Waals surface area contributed by atoms with Crippen molar-refractivity contribution >= 4 is 23.3 Å². The molecule has 0 radical (unpaired) electrons. The minimum atomic E-state index is -0.255. The Labute approximate surface area is 244 Å². The largest absolute Gasteiger partial charge is 1.00 e. The molecule has 0 saturated carbocycles. The minimum absolute atomic E-state index is 0. The lowest BCUT2D eigenvalue weighted by Gasteiger charge is -2.48. The normalized spacial score (nSPS) is 17.7. The minimum Gasteiger partial charge on any atom is -1.00 e. The summed E-state index contributed by atoms with van der Waals surface area (Å²) < 4.78 is 0.791. The molecule has 8 nitrogen and oxygen atoms in total. The van der Waals surface area contributed by atoms with Crippen molar-refractivity contribution in [2.75, 3.05) is 45.8 Å². The van der Waals surface area contributed by atoms with Crippen LogP contribution in [0.25, 0.3) is 0 Å². The number of carbonyl (C=O) groups is 4. The highest BCUT2D eigenvalue weighted by molar-refractivity contribution is 5.79. The summed E-state index contributed by atoms with van der Waals surface area (Å²) in [6.07, 6.45) is 12.4. The molecule has 0 aromatic rings. The fraction of sp³-hybridized carbons (Fsp3) is 0.867. The Morgan fingerprint density at radius 2 is 1.21 bits per heavy atom. The molecule has 230 valence electrons. The van der Waals surface area contributed by atoms with Crippen LogP contribution in [0.5, 0.6) is 0 Å². The first kappa shape index (κ1) is 39.8. The number of carbonyl (C=O) groups excluding carboxylic acids is 4. The van der Waals surface area contributed by atoms with Crippen LogP contribution >= 0.6 is 0 Å². The number of likely N-dealkylation sites (tertiary alicyclic amines) is 1. The number of amides is 1. The average molecular weight is 576 g/mol. The van der Waals surface area contributed by atoms with Gasteiger partial charge < -0.3 is 37.4 Å². The summed E-state index contributed by atoms with van der Waals surface area (Å²) in [4.78, 5) is 45.0. The molecule has 0 spiro atoms. The molecule has 0 atom stereocenters. The van der Waals surface area contributed by atoms with Crippen LogP contribution in [-0.4, -0.2) is 84.8 Å². The molecule has 1 amide bonds. The van der Waals surface area contributed by atoms with E-state index in [0.29, 0.717) is 44.7 Å². The van der Waals surface area contributed by atoms with Crippen molar-refractivity contribution in [3.05, 3.63) is 0 Å². The standard InChI is InChI=1S/C17H30N2O4.C13H27NO.ClH/c1-14(20)6-3-4-7-16(22)8-5-10-19(12-17(23)13-19)11-9-18-15(2)21;1-3-5-7-9-13(15)10-8-12-14-11-6-4-2;/h17,23H,3-13H2,1-2H3;14H,3-12H2,1-2H3;1H. The number of hydrogen-bond donors (Lipinski definition) is 3. The molecule has 3 N–H and O–H groups in total. The number of ketones is 3. The first-order valence-electron chi connectivity index (χ1n) is 15.1. The summed E-state index contributed by atoms with van der Waals surface area (Å²) in [5.41, 5.74) is 0. The Balaban J connectivity index is 0. The molecule has 0 aromatic carbocycles. The van der Waals surface area contributed by atoms with E-state index in [1.807, 2.05) is 0 Å². The summed E-state index contributed by atoms with van der Waals surface area (Å²) >= 11 is 0. The lowest BCUT2D eigenvalue weighted by Crippen LogP contribution is -3.00. The van der Waals surface area contributed by atoms with Crippen LogP contribution in [0.1, 0.15) is 118 Å². The van der Waals surface area contributed by atoms with Crippen LogP contribution in [0.3, 0.4) is 0 Å². The van der Waals surface area contributed by atoms with Crippen LogP contribution in [0.15, 0.2) is 0 Å². The first-order valence-corrected chi connectivity index (χ1v) is 15.1. The zero-order valence-corrected chi connectivity index (χ0v) is 26.1. The number of nitrogens with one attached hydrogen (secondary N) is 2. The van der Waals surface area contributed by atoms with Crippen molar-refractivity contribution < 1.29 is 41.2 Å². The van der Waals surface area contributed by atoms with E-state index in [1.165, 1.54) is 32.6 Å². The van der Waals surface area contributed by atoms with E-state index in [0.717, 1.165) is 75.6 Å². The third kappa shape index (κ3) is 24.2. The van der Waals surface area contributed by atoms with Crippen LogP contribution in [0, 0.1) is 0 Å². The van der Waals surface area contributed by atoms with Gasteiger partial charge in [-0.25, -0.2) is 0 Å². The SMILES string of the molecule is CC(=O)CCCCC(=O)CCC[N+]1(CCNC(C)=O)CC(O)C1.CCCCCC(=O)CCCNCCCC.[Cl-]. The maximum absolute atomic E-state index is 11.8. The van der Waals surface area contributed by atoms with E-state index in [9.17, 15) is 24.3 Å². The molecule has 9 heteroatoms. The van der Waals surface area contributed by atoms with Gasteiger partial charge in [0.05, 0.1) is 19.6 Å². The highest BCUT2D eigenvalue weighted by Crippen LogP contribution is 2.21. The second-order valence-corrected chi connectivity index (χ2v) is 11.0. The number of halogens is 1. The number of unbranched alkanes of at least 4 members (excludes halogenated alkanes) is 4. The number of quaternary nitrogens is 1. The Morgan fingerprint density at radius 1 is 0.692 bits per heavy atom. The van der Waals surface area contributed by atoms with Gasteiger partial charge in [-0.3, -0.25) is 14.4 Å². The van der Waals surface area contributed by atoms with E-state index < -0.39 is 0 Å². The number of aliphatic hydroxyl groups is 1. The van der Waals surface area contributed by atoms with Crippen LogP contribution in [-0.2, 0) is 19.2 Å². The molecule has 1 aliphatic heterocycles. The highest BCUT2D eigenvalue weighted by atomic mass is 35.5. The van der Waals surface area contributed by atoms with Gasteiger partial charge >= 0.3 is 0 Å². The van der Waals surface area contributed by atoms with E-state index >= 15 is 0 Å². The summed E-state index contributed by atoms with van der Waals surface area (Å²) in [5.74, 6) is 0.847. The molecule has 1 fully saturated rings. The Morgan fingerprint density at radius 3 is 1.74 bits per heavy atom. The maximum atomic E-state index is 11.8. The molecule has 1 rings (SSSR count). The van der Waals surface area contributed by atoms with E-state index in [4.69, 9.17) is 0 Å². The molecule has 39 heavy (non-hydrogen) atoms. The van der Waals surface area contributed by atoms with Gasteiger partial charge in [-0.05, 0) is 52.1 Å². The van der Waals surface area contributed by atoms with E-state index in [-0.39, 0.29) is 36.0 Å². The number of aliphatic hydroxyl groups excluding tert-OH is 1. The third-order valence-corrected chi connectivity index (χ3v) is 7.05. The van der Waals surface area contributed by atoms with E-state index in [1.54, 1.807) is 6.92 Å². The molecule has 1 heterocycles. The Kier molecular flexibility index (Phi) is 26.1. The first-order chi connectivity index (χ1) is 18.1. The van der Waals surface area contributed by atoms with Crippen LogP contribution < -0.4 is 23.0 Å². The fourth-order valence-corrected chi connectivity index (χ4v) is 4.75. The van der Waals surface area contributed by atoms with Gasteiger partial charge in [-0.2, -0.15) is 0 Å². The molecule has 1 aliphatic rings. The molecule has 0 bridgehead atoms. The quantitative estimate of drug-likeness (QED) is 0.124. The molecule has 0 unspecified atom stereocenters. The fourth-order valence-electron chi connectivity index (χ4n) is 4.75. The number of rotatable bonds is 23. The lowest BCUT2D eigenvalue weighted by atomic mass is 10.0. The topological polar surface area (TPSA) is 113 Å². The Bertz CT molecular complexity index is 669. The Hall–Kier alpha value is -1.35. The lowest BCUT2D eigenvalue weighted by molar-refractivity contribution is -0.971. The number of Topliss-reactive ketones (excluding diaryl/α,β-unsaturated/α-hetero) is 3. The molecule has 0 aliphatic carbocycles. The summed E-state index contributed by atoms with van der Waals surface area (Å²) in [6.45, 7) is 13.3. The molecular weight excluding hydrogens is 518 g/mol. The second-order valence-electron chi connectivity index (χ2n) is 11.0. The van der Waals surface area contributed by atoms with Crippen molar-refractivity contribution in [3.8, 4) is 0 Å². The summed E-state index contributed by atoms with van der Waals surface area (Å²) in [7, 11) is 0. The van der Waals surface area contributed by atoms with Crippen molar-refractivity contribution in [2.24, 2.45) is 0 Å². The second kappa shape index (κ2) is 25.6. The van der Waals surface area contributed by atoms with Gasteiger partial charge in [0.2, 0.25) is 5.91 Å². The third-order valence-electron chi connectivity index (χ3n) is 7.05. The van der Waals surface area contributed by atoms with Gasteiger partial charge in [-0.1, -0.05) is 33.1 Å². The maximum Gasteiger partial charge on any atom is 0.217 e. The monoisotopic (exact) mass is 575 g/mol. The van der Waals surface area contributed by atoms with Crippen molar-refractivity contribution in [2.45, 2.75) is 124 Å². The predicted octanol–water partition coefficient (Wildman–Crippen LogP) is 1.12. The van der Waals surface area contributed by atoms with Gasteiger partial charge in [0.1, 0.15) is 30.4 Å². The smallest absolute Gasteiger partial charge is 0.217 e. The van der Waals surface area contributed by atoms with Gasteiger partial charge in [0.25, 0.3) is 0 Å². The molecule has 1 saturated heterocycles. The van der Waals surface area contributed by atoms with Gasteiger partial charge in [0, 0.05) is 45.4 Å². The van der Waals surface area contributed by atoms with E-state index in [2.05, 4.69) is 24.5 Å². The van der Waals surface area contributed by atoms with Gasteiger partial charge in [-0.15, -0.1) is 0 Å². The van der Waals surface area contributed by atoms with Gasteiger partial charge in [0.15, 0.2) is 6.10 Å². The van der Waals surface area contributed by atoms with Crippen molar-refractivity contribution in [1.82, 2.24) is 10.6 Å². The number of hydrogen-bond acceptors (Lipinski definition) is 6. The predicted molar refractivity (Wildman–Crippen MR) is 154 cm³/mol. The summed E-state index contributed by atoms with van der Waals surface area (Å²) in [5, 5.41) is 15.7. The van der Waals surface area contributed by atoms with Crippen molar-refractivity contribution in [3.63, 3.8) is 0 Å². The molecular formula is C30H58ClN3O5. The van der Waals surface area contributed by atoms with Crippen molar-refractivity contribution in [1.29, 1.82) is 0 Å². The molecule has 0 aromatic heterocycles. The zero-order valence-electron chi connectivity index (χ0n) is 25.3. The summed E-state index contributed by atoms with van der Waals surface area (Å²) in [6, 6.07) is 0. The zero-order chi connectivity index (χ0) is 28.7. The number of nitrogens with zero attached hydrogens (tertiary/aromatic N) is 1.